The molecule has 1 saturated heterocycles. The number of pyridine rings is 1. The summed E-state index contributed by atoms with van der Waals surface area (Å²) in [6, 6.07) is 17.2. The highest BCUT2D eigenvalue weighted by Gasteiger charge is 2.46. The number of aliphatic hydroxyl groups is 1. The summed E-state index contributed by atoms with van der Waals surface area (Å²) in [6.07, 6.45) is 1.64. The van der Waals surface area contributed by atoms with Gasteiger partial charge in [0.05, 0.1) is 43.6 Å². The molecule has 8 heteroatoms. The first-order chi connectivity index (χ1) is 17.9. The molecule has 1 aliphatic rings. The molecule has 1 aliphatic heterocycles. The molecular weight excluding hydrogens is 470 g/mol. The molecule has 1 atom stereocenters. The molecule has 1 unspecified atom stereocenters. The fourth-order valence-corrected chi connectivity index (χ4v) is 4.65. The molecule has 192 valence electrons. The molecule has 1 N–H and O–H groups in total. The molecule has 37 heavy (non-hydrogen) atoms. The van der Waals surface area contributed by atoms with Gasteiger partial charge in [-0.15, -0.1) is 0 Å². The van der Waals surface area contributed by atoms with E-state index in [2.05, 4.69) is 23.7 Å². The summed E-state index contributed by atoms with van der Waals surface area (Å²) in [7, 11) is 2.99. The number of likely N-dealkylation sites (tertiary alicyclic amines) is 1. The van der Waals surface area contributed by atoms with Gasteiger partial charge in [0.15, 0.2) is 0 Å². The lowest BCUT2D eigenvalue weighted by Gasteiger charge is -2.26. The van der Waals surface area contributed by atoms with Crippen LogP contribution in [0.25, 0.3) is 5.76 Å². The summed E-state index contributed by atoms with van der Waals surface area (Å²) >= 11 is 0. The molecule has 3 aromatic rings. The summed E-state index contributed by atoms with van der Waals surface area (Å²) in [4.78, 5) is 34.7. The van der Waals surface area contributed by atoms with Gasteiger partial charge in [-0.05, 0) is 55.8 Å². The van der Waals surface area contributed by atoms with Crippen molar-refractivity contribution < 1.29 is 24.2 Å². The van der Waals surface area contributed by atoms with Gasteiger partial charge in [-0.1, -0.05) is 18.2 Å². The number of methoxy groups -OCH3 is 2. The number of aliphatic hydroxyl groups excluding tert-OH is 1. The molecule has 0 saturated carbocycles. The second kappa shape index (κ2) is 11.2. The third-order valence-electron chi connectivity index (χ3n) is 6.60. The van der Waals surface area contributed by atoms with Crippen molar-refractivity contribution in [2.75, 3.05) is 32.2 Å². The van der Waals surface area contributed by atoms with Crippen LogP contribution >= 0.6 is 0 Å². The van der Waals surface area contributed by atoms with Crippen molar-refractivity contribution in [2.24, 2.45) is 0 Å². The normalized spacial score (nSPS) is 16.6. The standard InChI is InChI=1S/C29H31N3O5/c1-5-31(6-2)21-12-10-19(11-13-21)26-25(27(33)23-15-14-22(36-3)17-24(23)37-4)28(34)29(35)32(26)18-20-9-7-8-16-30-20/h7-17,26,33H,5-6,18H2,1-4H3/b27-25-. The molecule has 0 bridgehead atoms. The van der Waals surface area contributed by atoms with Gasteiger partial charge >= 0.3 is 0 Å². The largest absolute Gasteiger partial charge is 0.507 e. The predicted octanol–water partition coefficient (Wildman–Crippen LogP) is 4.57. The maximum absolute atomic E-state index is 13.4. The minimum atomic E-state index is -0.806. The van der Waals surface area contributed by atoms with Crippen molar-refractivity contribution >= 4 is 23.1 Å². The second-order valence-corrected chi connectivity index (χ2v) is 8.58. The van der Waals surface area contributed by atoms with E-state index in [9.17, 15) is 14.7 Å². The Kier molecular flexibility index (Phi) is 7.77. The van der Waals surface area contributed by atoms with Crippen molar-refractivity contribution in [1.82, 2.24) is 9.88 Å². The summed E-state index contributed by atoms with van der Waals surface area (Å²) in [5.41, 5.74) is 2.67. The Hall–Kier alpha value is -4.33. The van der Waals surface area contributed by atoms with Crippen LogP contribution in [0.4, 0.5) is 5.69 Å². The number of ketones is 1. The first-order valence-corrected chi connectivity index (χ1v) is 12.2. The number of hydrogen-bond donors (Lipinski definition) is 1. The van der Waals surface area contributed by atoms with Crippen LogP contribution in [0.15, 0.2) is 72.4 Å². The van der Waals surface area contributed by atoms with Gasteiger partial charge in [-0.25, -0.2) is 0 Å². The van der Waals surface area contributed by atoms with E-state index in [1.165, 1.54) is 19.1 Å². The number of ether oxygens (including phenoxy) is 2. The van der Waals surface area contributed by atoms with Gasteiger partial charge in [0, 0.05) is 31.0 Å². The van der Waals surface area contributed by atoms with Gasteiger partial charge in [0.1, 0.15) is 17.3 Å². The minimum Gasteiger partial charge on any atom is -0.507 e. The van der Waals surface area contributed by atoms with Gasteiger partial charge in [-0.3, -0.25) is 14.6 Å². The smallest absolute Gasteiger partial charge is 0.296 e. The maximum atomic E-state index is 13.4. The van der Waals surface area contributed by atoms with E-state index in [-0.39, 0.29) is 17.9 Å². The highest BCUT2D eigenvalue weighted by atomic mass is 16.5. The SMILES string of the molecule is CCN(CC)c1ccc(C2/C(=C(/O)c3ccc(OC)cc3OC)C(=O)C(=O)N2Cc2ccccn2)cc1. The Balaban J connectivity index is 1.86. The average Bonchev–Trinajstić information content (AvgIpc) is 3.18. The Morgan fingerprint density at radius 1 is 1.00 bits per heavy atom. The van der Waals surface area contributed by atoms with Gasteiger partial charge in [0.25, 0.3) is 11.7 Å². The molecule has 8 nitrogen and oxygen atoms in total. The average molecular weight is 502 g/mol. The van der Waals surface area contributed by atoms with Crippen LogP contribution in [0.2, 0.25) is 0 Å². The fraction of sp³-hybridized carbons (Fsp3) is 0.276. The molecule has 0 aliphatic carbocycles. The first kappa shape index (κ1) is 25.8. The van der Waals surface area contributed by atoms with Crippen LogP contribution in [0, 0.1) is 0 Å². The highest BCUT2D eigenvalue weighted by molar-refractivity contribution is 6.46. The van der Waals surface area contributed by atoms with E-state index in [0.29, 0.717) is 28.3 Å². The number of carbonyl (C=O) groups is 2. The number of nitrogens with zero attached hydrogens (tertiary/aromatic N) is 3. The highest BCUT2D eigenvalue weighted by Crippen LogP contribution is 2.42. The lowest BCUT2D eigenvalue weighted by Crippen LogP contribution is -2.29. The molecule has 0 spiro atoms. The van der Waals surface area contributed by atoms with E-state index in [0.717, 1.165) is 18.8 Å². The Labute approximate surface area is 216 Å². The summed E-state index contributed by atoms with van der Waals surface area (Å²) in [5.74, 6) is -0.906. The van der Waals surface area contributed by atoms with Gasteiger partial charge in [-0.2, -0.15) is 0 Å². The van der Waals surface area contributed by atoms with Crippen LogP contribution in [0.3, 0.4) is 0 Å². The van der Waals surface area contributed by atoms with Crippen LogP contribution in [0.1, 0.15) is 36.7 Å². The van der Waals surface area contributed by atoms with Crippen LogP contribution < -0.4 is 14.4 Å². The molecule has 1 amide bonds. The molecule has 1 aromatic heterocycles. The topological polar surface area (TPSA) is 92.2 Å². The lowest BCUT2D eigenvalue weighted by molar-refractivity contribution is -0.140. The van der Waals surface area contributed by atoms with E-state index in [1.54, 1.807) is 36.5 Å². The molecule has 1 fully saturated rings. The maximum Gasteiger partial charge on any atom is 0.296 e. The third-order valence-corrected chi connectivity index (χ3v) is 6.60. The number of carbonyl (C=O) groups excluding carboxylic acids is 2. The minimum absolute atomic E-state index is 0.0000119. The van der Waals surface area contributed by atoms with Crippen molar-refractivity contribution in [1.29, 1.82) is 0 Å². The van der Waals surface area contributed by atoms with Gasteiger partial charge in [0.2, 0.25) is 0 Å². The van der Waals surface area contributed by atoms with E-state index in [4.69, 9.17) is 9.47 Å². The van der Waals surface area contributed by atoms with Crippen molar-refractivity contribution in [2.45, 2.75) is 26.4 Å². The number of amides is 1. The number of hydrogen-bond acceptors (Lipinski definition) is 7. The van der Waals surface area contributed by atoms with E-state index < -0.39 is 17.7 Å². The molecule has 2 heterocycles. The van der Waals surface area contributed by atoms with E-state index >= 15 is 0 Å². The van der Waals surface area contributed by atoms with Crippen molar-refractivity contribution in [3.63, 3.8) is 0 Å². The quantitative estimate of drug-likeness (QED) is 0.261. The van der Waals surface area contributed by atoms with Gasteiger partial charge < -0.3 is 24.4 Å². The van der Waals surface area contributed by atoms with E-state index in [1.807, 2.05) is 30.3 Å². The van der Waals surface area contributed by atoms with Crippen molar-refractivity contribution in [3.05, 3.63) is 89.3 Å². The zero-order valence-corrected chi connectivity index (χ0v) is 21.5. The van der Waals surface area contributed by atoms with Crippen LogP contribution in [0.5, 0.6) is 11.5 Å². The number of anilines is 1. The Morgan fingerprint density at radius 3 is 2.32 bits per heavy atom. The summed E-state index contributed by atoms with van der Waals surface area (Å²) in [5, 5.41) is 11.5. The fourth-order valence-electron chi connectivity index (χ4n) is 4.65. The molecular formula is C29H31N3O5. The Morgan fingerprint density at radius 2 is 1.73 bits per heavy atom. The van der Waals surface area contributed by atoms with Crippen molar-refractivity contribution in [3.8, 4) is 11.5 Å². The second-order valence-electron chi connectivity index (χ2n) is 8.58. The molecule has 2 aromatic carbocycles. The summed E-state index contributed by atoms with van der Waals surface area (Å²) in [6.45, 7) is 5.99. The molecule has 4 rings (SSSR count). The predicted molar refractivity (Wildman–Crippen MR) is 142 cm³/mol. The summed E-state index contributed by atoms with van der Waals surface area (Å²) < 4.78 is 10.7. The third kappa shape index (κ3) is 5.00. The van der Waals surface area contributed by atoms with Crippen LogP contribution in [-0.2, 0) is 16.1 Å². The number of benzene rings is 2. The van der Waals surface area contributed by atoms with Crippen LogP contribution in [-0.4, -0.2) is 54.0 Å². The monoisotopic (exact) mass is 501 g/mol. The lowest BCUT2D eigenvalue weighted by atomic mass is 9.94. The zero-order chi connectivity index (χ0) is 26.5. The molecule has 0 radical (unpaired) electrons. The Bertz CT molecular complexity index is 1300. The number of aromatic nitrogens is 1. The first-order valence-electron chi connectivity index (χ1n) is 12.2. The zero-order valence-electron chi connectivity index (χ0n) is 21.5. The number of rotatable bonds is 9. The number of Topliss-reactive ketones (excluding diaryl/α,β-unsaturated/α-hetero) is 1.